The van der Waals surface area contributed by atoms with E-state index < -0.39 is 16.3 Å². The Balaban J connectivity index is 2.05. The Morgan fingerprint density at radius 2 is 2.09 bits per heavy atom. The lowest BCUT2D eigenvalue weighted by Crippen LogP contribution is -2.42. The van der Waals surface area contributed by atoms with Gasteiger partial charge in [0.25, 0.3) is 0 Å². The maximum atomic E-state index is 14.2. The molecular formula is C16H15BrClF2NO. The van der Waals surface area contributed by atoms with Crippen molar-refractivity contribution in [1.82, 2.24) is 5.32 Å². The molecule has 3 rings (SSSR count). The van der Waals surface area contributed by atoms with E-state index in [-0.39, 0.29) is 34.2 Å². The van der Waals surface area contributed by atoms with Crippen molar-refractivity contribution in [3.05, 3.63) is 58.3 Å². The molecule has 0 aromatic heterocycles. The van der Waals surface area contributed by atoms with Gasteiger partial charge in [-0.1, -0.05) is 37.6 Å². The lowest BCUT2D eigenvalue weighted by Gasteiger charge is -2.27. The van der Waals surface area contributed by atoms with E-state index in [2.05, 4.69) is 21.2 Å². The first kappa shape index (κ1) is 16.0. The molecule has 1 heterocycles. The van der Waals surface area contributed by atoms with Crippen LogP contribution < -0.4 is 5.32 Å². The number of ether oxygens (including phenoxy) is 1. The van der Waals surface area contributed by atoms with Crippen LogP contribution in [0.25, 0.3) is 0 Å². The summed E-state index contributed by atoms with van der Waals surface area (Å²) in [4.78, 5) is 0. The molecule has 0 bridgehead atoms. The summed E-state index contributed by atoms with van der Waals surface area (Å²) in [5, 5.41) is 3.36. The van der Waals surface area contributed by atoms with Gasteiger partial charge in [-0.05, 0) is 40.1 Å². The summed E-state index contributed by atoms with van der Waals surface area (Å²) >= 11 is 9.48. The van der Waals surface area contributed by atoms with E-state index in [0.717, 1.165) is 0 Å². The van der Waals surface area contributed by atoms with Crippen LogP contribution in [0.4, 0.5) is 8.78 Å². The van der Waals surface area contributed by atoms with Gasteiger partial charge < -0.3 is 4.74 Å². The molecule has 3 atom stereocenters. The van der Waals surface area contributed by atoms with Crippen LogP contribution in [0.5, 0.6) is 0 Å². The van der Waals surface area contributed by atoms with Crippen LogP contribution in [0.3, 0.4) is 0 Å². The number of fused-ring (bicyclic) bond motifs is 1. The van der Waals surface area contributed by atoms with Gasteiger partial charge in [0.2, 0.25) is 4.63 Å². The topological polar surface area (TPSA) is 21.3 Å². The minimum atomic E-state index is -1.38. The van der Waals surface area contributed by atoms with Crippen molar-refractivity contribution < 1.29 is 13.5 Å². The van der Waals surface area contributed by atoms with Crippen molar-refractivity contribution in [2.24, 2.45) is 11.8 Å². The average molecular weight is 391 g/mol. The van der Waals surface area contributed by atoms with Gasteiger partial charge in [0, 0.05) is 5.92 Å². The average Bonchev–Trinajstić information content (AvgIpc) is 2.77. The van der Waals surface area contributed by atoms with Crippen LogP contribution in [-0.4, -0.2) is 6.04 Å². The molecule has 22 heavy (non-hydrogen) atoms. The zero-order valence-electron chi connectivity index (χ0n) is 12.0. The molecule has 6 heteroatoms. The molecule has 1 aromatic rings. The number of rotatable bonds is 2. The normalized spacial score (nSPS) is 30.7. The predicted octanol–water partition coefficient (Wildman–Crippen LogP) is 5.00. The smallest absolute Gasteiger partial charge is 0.248 e. The number of nitrogens with one attached hydrogen (secondary N) is 1. The molecule has 0 amide bonds. The Bertz CT molecular complexity index is 656. The highest BCUT2D eigenvalue weighted by Crippen LogP contribution is 2.47. The van der Waals surface area contributed by atoms with Gasteiger partial charge in [-0.25, -0.2) is 8.78 Å². The molecule has 2 nitrogen and oxygen atoms in total. The third-order valence-corrected chi connectivity index (χ3v) is 5.12. The Kier molecular flexibility index (Phi) is 4.08. The quantitative estimate of drug-likeness (QED) is 0.567. The highest BCUT2D eigenvalue weighted by molar-refractivity contribution is 9.09. The van der Waals surface area contributed by atoms with Crippen molar-refractivity contribution in [1.29, 1.82) is 0 Å². The van der Waals surface area contributed by atoms with Crippen LogP contribution in [0.15, 0.2) is 41.9 Å². The van der Waals surface area contributed by atoms with E-state index in [9.17, 15) is 8.78 Å². The molecule has 3 unspecified atom stereocenters. The molecule has 0 radical (unpaired) electrons. The highest BCUT2D eigenvalue weighted by Gasteiger charge is 2.50. The molecule has 1 N–H and O–H groups in total. The van der Waals surface area contributed by atoms with Crippen molar-refractivity contribution in [2.75, 3.05) is 0 Å². The van der Waals surface area contributed by atoms with Gasteiger partial charge in [-0.2, -0.15) is 0 Å². The molecule has 118 valence electrons. The maximum absolute atomic E-state index is 14.2. The first-order chi connectivity index (χ1) is 10.3. The highest BCUT2D eigenvalue weighted by atomic mass is 79.9. The summed E-state index contributed by atoms with van der Waals surface area (Å²) in [7, 11) is 0. The molecule has 1 aliphatic carbocycles. The second-order valence-corrected chi connectivity index (χ2v) is 7.33. The number of hydrogen-bond donors (Lipinski definition) is 1. The first-order valence-corrected chi connectivity index (χ1v) is 8.18. The monoisotopic (exact) mass is 389 g/mol. The van der Waals surface area contributed by atoms with Crippen LogP contribution >= 0.6 is 27.5 Å². The van der Waals surface area contributed by atoms with E-state index in [1.165, 1.54) is 18.2 Å². The van der Waals surface area contributed by atoms with Gasteiger partial charge in [-0.3, -0.25) is 5.32 Å². The SMILES string of the molecule is CC(C)C1C=CC(F)=C2OC(Br)(c3c(F)cccc3Cl)NC21. The standard InChI is InChI=1S/C16H15BrClF2NO/c1-8(2)9-6-7-12(20)15-14(9)21-16(17,22-15)13-10(18)4-3-5-11(13)19/h3-9,14,21H,1-2H3. The van der Waals surface area contributed by atoms with Crippen molar-refractivity contribution in [3.8, 4) is 0 Å². The summed E-state index contributed by atoms with van der Waals surface area (Å²) in [5.41, 5.74) is 0.119. The Morgan fingerprint density at radius 1 is 1.36 bits per heavy atom. The minimum absolute atomic E-state index is 0.0412. The third kappa shape index (κ3) is 2.49. The zero-order chi connectivity index (χ0) is 16.1. The van der Waals surface area contributed by atoms with E-state index in [0.29, 0.717) is 0 Å². The zero-order valence-corrected chi connectivity index (χ0v) is 14.4. The fourth-order valence-electron chi connectivity index (χ4n) is 2.90. The molecule has 0 spiro atoms. The van der Waals surface area contributed by atoms with Gasteiger partial charge >= 0.3 is 0 Å². The van der Waals surface area contributed by atoms with Gasteiger partial charge in [0.1, 0.15) is 5.82 Å². The van der Waals surface area contributed by atoms with Crippen molar-refractivity contribution in [2.45, 2.75) is 24.5 Å². The summed E-state index contributed by atoms with van der Waals surface area (Å²) in [6.45, 7) is 4.09. The molecule has 1 fully saturated rings. The Labute approximate surface area is 141 Å². The fraction of sp³-hybridized carbons (Fsp3) is 0.375. The second-order valence-electron chi connectivity index (χ2n) is 5.81. The van der Waals surface area contributed by atoms with Gasteiger partial charge in [-0.15, -0.1) is 0 Å². The molecule has 1 saturated heterocycles. The van der Waals surface area contributed by atoms with Crippen LogP contribution in [-0.2, 0) is 9.37 Å². The minimum Gasteiger partial charge on any atom is -0.458 e. The van der Waals surface area contributed by atoms with E-state index in [1.54, 1.807) is 6.07 Å². The number of halogens is 4. The summed E-state index contributed by atoms with van der Waals surface area (Å²) in [5.74, 6) is -0.489. The largest absolute Gasteiger partial charge is 0.458 e. The van der Waals surface area contributed by atoms with E-state index in [1.807, 2.05) is 19.9 Å². The number of benzene rings is 1. The van der Waals surface area contributed by atoms with Crippen LogP contribution in [0, 0.1) is 17.7 Å². The van der Waals surface area contributed by atoms with Crippen molar-refractivity contribution >= 4 is 27.5 Å². The number of allylic oxidation sites excluding steroid dienone is 2. The lowest BCUT2D eigenvalue weighted by molar-refractivity contribution is 0.110. The predicted molar refractivity (Wildman–Crippen MR) is 85.6 cm³/mol. The number of hydrogen-bond acceptors (Lipinski definition) is 2. The molecule has 2 aliphatic rings. The van der Waals surface area contributed by atoms with E-state index in [4.69, 9.17) is 16.3 Å². The Hall–Kier alpha value is -0.910. The number of alkyl halides is 1. The Morgan fingerprint density at radius 3 is 2.73 bits per heavy atom. The van der Waals surface area contributed by atoms with E-state index >= 15 is 0 Å². The summed E-state index contributed by atoms with van der Waals surface area (Å²) < 4.78 is 32.7. The first-order valence-electron chi connectivity index (χ1n) is 7.01. The molecule has 0 saturated carbocycles. The third-order valence-electron chi connectivity index (χ3n) is 4.01. The summed E-state index contributed by atoms with van der Waals surface area (Å²) in [6, 6.07) is 4.00. The molecule has 1 aromatic carbocycles. The molecule has 1 aliphatic heterocycles. The lowest BCUT2D eigenvalue weighted by atomic mass is 9.84. The maximum Gasteiger partial charge on any atom is 0.248 e. The van der Waals surface area contributed by atoms with Gasteiger partial charge in [0.15, 0.2) is 11.6 Å². The molecular weight excluding hydrogens is 376 g/mol. The fourth-order valence-corrected chi connectivity index (χ4v) is 4.14. The van der Waals surface area contributed by atoms with Crippen LogP contribution in [0.1, 0.15) is 19.4 Å². The summed E-state index contributed by atoms with van der Waals surface area (Å²) in [6.07, 6.45) is 3.21. The van der Waals surface area contributed by atoms with Gasteiger partial charge in [0.05, 0.1) is 16.6 Å². The van der Waals surface area contributed by atoms with Crippen LogP contribution in [0.2, 0.25) is 5.02 Å². The van der Waals surface area contributed by atoms with Crippen molar-refractivity contribution in [3.63, 3.8) is 0 Å². The second kappa shape index (κ2) is 5.62.